The first-order valence-electron chi connectivity index (χ1n) is 12.4. The summed E-state index contributed by atoms with van der Waals surface area (Å²) in [5.41, 5.74) is 1.63. The van der Waals surface area contributed by atoms with E-state index in [0.717, 1.165) is 0 Å². The van der Waals surface area contributed by atoms with Gasteiger partial charge in [-0.2, -0.15) is 0 Å². The van der Waals surface area contributed by atoms with Gasteiger partial charge in [-0.1, -0.05) is 36.1 Å². The Kier molecular flexibility index (Phi) is 8.55. The smallest absolute Gasteiger partial charge is 0.338 e. The van der Waals surface area contributed by atoms with Crippen molar-refractivity contribution in [3.05, 3.63) is 91.1 Å². The van der Waals surface area contributed by atoms with Crippen LogP contribution in [0.3, 0.4) is 0 Å². The molecule has 1 aliphatic rings. The maximum atomic E-state index is 13.8. The summed E-state index contributed by atoms with van der Waals surface area (Å²) >= 11 is 1.19. The van der Waals surface area contributed by atoms with Gasteiger partial charge in [-0.3, -0.25) is 9.36 Å². The molecule has 1 aliphatic heterocycles. The maximum absolute atomic E-state index is 13.8. The molecular formula is C29H30N2O7S. The highest BCUT2D eigenvalue weighted by atomic mass is 32.1. The predicted molar refractivity (Wildman–Crippen MR) is 148 cm³/mol. The molecule has 0 saturated heterocycles. The number of phenolic OH excluding ortho intramolecular Hbond substituents is 1. The lowest BCUT2D eigenvalue weighted by Crippen LogP contribution is -2.40. The minimum atomic E-state index is -0.806. The van der Waals surface area contributed by atoms with Crippen molar-refractivity contribution in [1.82, 2.24) is 4.57 Å². The lowest BCUT2D eigenvalue weighted by atomic mass is 9.95. The SMILES string of the molecule is C=CCOc1ccc(C2C(C(=O)OCC)=C(C)N=c3sc(=Cc4ccc(OC)c(O)c4)c(=O)n32)cc1OCC. The third-order valence-electron chi connectivity index (χ3n) is 5.96. The number of esters is 1. The van der Waals surface area contributed by atoms with Crippen LogP contribution in [0.4, 0.5) is 0 Å². The largest absolute Gasteiger partial charge is 0.504 e. The maximum Gasteiger partial charge on any atom is 0.338 e. The molecule has 0 aliphatic carbocycles. The topological polar surface area (TPSA) is 109 Å². The van der Waals surface area contributed by atoms with Crippen molar-refractivity contribution in [2.75, 3.05) is 26.9 Å². The summed E-state index contributed by atoms with van der Waals surface area (Å²) in [6.45, 7) is 9.85. The zero-order valence-electron chi connectivity index (χ0n) is 22.2. The first kappa shape index (κ1) is 27.7. The molecule has 0 amide bonds. The minimum absolute atomic E-state index is 0.0421. The molecule has 0 radical (unpaired) electrons. The van der Waals surface area contributed by atoms with Crippen LogP contribution in [0, 0.1) is 0 Å². The summed E-state index contributed by atoms with van der Waals surface area (Å²) in [6, 6.07) is 9.37. The van der Waals surface area contributed by atoms with Crippen molar-refractivity contribution >= 4 is 23.4 Å². The summed E-state index contributed by atoms with van der Waals surface area (Å²) in [7, 11) is 1.46. The summed E-state index contributed by atoms with van der Waals surface area (Å²) < 4.78 is 23.9. The molecule has 4 rings (SSSR count). The molecule has 0 spiro atoms. The second kappa shape index (κ2) is 12.0. The van der Waals surface area contributed by atoms with Gasteiger partial charge in [-0.15, -0.1) is 0 Å². The van der Waals surface area contributed by atoms with Crippen molar-refractivity contribution in [1.29, 1.82) is 0 Å². The van der Waals surface area contributed by atoms with E-state index >= 15 is 0 Å². The first-order valence-corrected chi connectivity index (χ1v) is 13.2. The zero-order valence-corrected chi connectivity index (χ0v) is 23.0. The fourth-order valence-corrected chi connectivity index (χ4v) is 5.33. The second-order valence-corrected chi connectivity index (χ2v) is 9.48. The van der Waals surface area contributed by atoms with Crippen LogP contribution < -0.4 is 29.1 Å². The molecule has 1 aromatic heterocycles. The standard InChI is InChI=1S/C29H30N2O7S/c1-6-13-38-22-12-10-19(16-23(22)36-7-2)26-25(28(34)37-8-3)17(4)30-29-31(26)27(33)24(39-29)15-18-9-11-21(35-5)20(32)14-18/h6,9-12,14-16,26,32H,1,7-8,13H2,2-5H3. The quantitative estimate of drug-likeness (QED) is 0.304. The van der Waals surface area contributed by atoms with E-state index in [1.807, 2.05) is 6.92 Å². The highest BCUT2D eigenvalue weighted by Gasteiger charge is 2.34. The molecule has 2 aromatic carbocycles. The van der Waals surface area contributed by atoms with Crippen LogP contribution in [0.15, 0.2) is 70.1 Å². The highest BCUT2D eigenvalue weighted by molar-refractivity contribution is 7.07. The second-order valence-electron chi connectivity index (χ2n) is 8.47. The van der Waals surface area contributed by atoms with Gasteiger partial charge < -0.3 is 24.1 Å². The fraction of sp³-hybridized carbons (Fsp3) is 0.276. The van der Waals surface area contributed by atoms with E-state index in [4.69, 9.17) is 18.9 Å². The van der Waals surface area contributed by atoms with E-state index in [0.29, 0.717) is 56.6 Å². The molecule has 1 unspecified atom stereocenters. The number of phenols is 1. The zero-order chi connectivity index (χ0) is 28.1. The Morgan fingerprint density at radius 1 is 1.13 bits per heavy atom. The van der Waals surface area contributed by atoms with Gasteiger partial charge in [0.2, 0.25) is 0 Å². The Balaban J connectivity index is 1.92. The van der Waals surface area contributed by atoms with Crippen LogP contribution in [-0.2, 0) is 9.53 Å². The predicted octanol–water partition coefficient (Wildman–Crippen LogP) is 3.48. The van der Waals surface area contributed by atoms with Gasteiger partial charge in [0.1, 0.15) is 6.61 Å². The highest BCUT2D eigenvalue weighted by Crippen LogP contribution is 2.36. The van der Waals surface area contributed by atoms with Crippen molar-refractivity contribution in [2.24, 2.45) is 4.99 Å². The van der Waals surface area contributed by atoms with Crippen molar-refractivity contribution in [3.8, 4) is 23.0 Å². The molecule has 0 saturated carbocycles. The monoisotopic (exact) mass is 550 g/mol. The Bertz CT molecular complexity index is 1620. The van der Waals surface area contributed by atoms with Crippen LogP contribution >= 0.6 is 11.3 Å². The average Bonchev–Trinajstić information content (AvgIpc) is 3.21. The van der Waals surface area contributed by atoms with Gasteiger partial charge >= 0.3 is 5.97 Å². The summed E-state index contributed by atoms with van der Waals surface area (Å²) in [4.78, 5) is 32.0. The van der Waals surface area contributed by atoms with E-state index in [2.05, 4.69) is 11.6 Å². The molecule has 0 fully saturated rings. The number of allylic oxidation sites excluding steroid dienone is 1. The Morgan fingerprint density at radius 3 is 2.56 bits per heavy atom. The number of fused-ring (bicyclic) bond motifs is 1. The van der Waals surface area contributed by atoms with E-state index in [1.165, 1.54) is 29.1 Å². The number of ether oxygens (including phenoxy) is 4. The van der Waals surface area contributed by atoms with E-state index in [9.17, 15) is 14.7 Å². The van der Waals surface area contributed by atoms with Gasteiger partial charge in [-0.25, -0.2) is 9.79 Å². The van der Waals surface area contributed by atoms with Crippen LogP contribution in [0.2, 0.25) is 0 Å². The number of rotatable bonds is 10. The van der Waals surface area contributed by atoms with Gasteiger partial charge in [0.25, 0.3) is 5.56 Å². The molecule has 204 valence electrons. The third-order valence-corrected chi connectivity index (χ3v) is 6.94. The number of hydrogen-bond donors (Lipinski definition) is 1. The molecule has 2 heterocycles. The van der Waals surface area contributed by atoms with Crippen LogP contribution in [0.1, 0.15) is 37.9 Å². The number of methoxy groups -OCH3 is 1. The third kappa shape index (κ3) is 5.61. The van der Waals surface area contributed by atoms with E-state index in [-0.39, 0.29) is 23.5 Å². The number of aromatic nitrogens is 1. The van der Waals surface area contributed by atoms with E-state index < -0.39 is 12.0 Å². The van der Waals surface area contributed by atoms with E-state index in [1.54, 1.807) is 56.3 Å². The van der Waals surface area contributed by atoms with Crippen LogP contribution in [-0.4, -0.2) is 42.6 Å². The van der Waals surface area contributed by atoms with Gasteiger partial charge in [0.15, 0.2) is 27.8 Å². The van der Waals surface area contributed by atoms with Crippen molar-refractivity contribution < 1.29 is 28.8 Å². The number of thiazole rings is 1. The van der Waals surface area contributed by atoms with Crippen molar-refractivity contribution in [3.63, 3.8) is 0 Å². The fourth-order valence-electron chi connectivity index (χ4n) is 4.29. The first-order chi connectivity index (χ1) is 18.8. The molecule has 9 nitrogen and oxygen atoms in total. The van der Waals surface area contributed by atoms with Crippen LogP contribution in [0.5, 0.6) is 23.0 Å². The number of carbonyl (C=O) groups excluding carboxylic acids is 1. The van der Waals surface area contributed by atoms with Crippen LogP contribution in [0.25, 0.3) is 6.08 Å². The number of carbonyl (C=O) groups is 1. The molecule has 1 atom stereocenters. The Morgan fingerprint density at radius 2 is 1.90 bits per heavy atom. The minimum Gasteiger partial charge on any atom is -0.504 e. The van der Waals surface area contributed by atoms with Crippen molar-refractivity contribution in [2.45, 2.75) is 26.8 Å². The lowest BCUT2D eigenvalue weighted by Gasteiger charge is -2.25. The number of hydrogen-bond acceptors (Lipinski definition) is 9. The summed E-state index contributed by atoms with van der Waals surface area (Å²) in [5.74, 6) is 0.729. The Hall–Kier alpha value is -4.31. The number of aromatic hydroxyl groups is 1. The molecule has 39 heavy (non-hydrogen) atoms. The molecule has 0 bridgehead atoms. The molecule has 10 heteroatoms. The lowest BCUT2D eigenvalue weighted by molar-refractivity contribution is -0.139. The van der Waals surface area contributed by atoms with Gasteiger partial charge in [0.05, 0.1) is 42.2 Å². The average molecular weight is 551 g/mol. The number of benzene rings is 2. The molecular weight excluding hydrogens is 520 g/mol. The molecule has 1 N–H and O–H groups in total. The number of nitrogens with zero attached hydrogens (tertiary/aromatic N) is 2. The molecule has 3 aromatic rings. The normalized spacial score (nSPS) is 14.9. The van der Waals surface area contributed by atoms with Gasteiger partial charge in [-0.05, 0) is 62.2 Å². The van der Waals surface area contributed by atoms with Gasteiger partial charge in [0, 0.05) is 0 Å². The summed E-state index contributed by atoms with van der Waals surface area (Å²) in [5, 5.41) is 10.2. The summed E-state index contributed by atoms with van der Waals surface area (Å²) in [6.07, 6.45) is 3.30. The Labute approximate surface area is 229 Å².